The molecular formula is C10H11BrFNO. The quantitative estimate of drug-likeness (QED) is 0.821. The van der Waals surface area contributed by atoms with Crippen molar-refractivity contribution in [1.29, 1.82) is 0 Å². The average molecular weight is 260 g/mol. The summed E-state index contributed by atoms with van der Waals surface area (Å²) in [4.78, 5) is 0. The van der Waals surface area contributed by atoms with Gasteiger partial charge in [0.25, 0.3) is 0 Å². The van der Waals surface area contributed by atoms with Gasteiger partial charge in [-0.3, -0.25) is 0 Å². The third-order valence-electron chi connectivity index (χ3n) is 1.91. The molecule has 1 aromatic carbocycles. The Morgan fingerprint density at radius 3 is 2.86 bits per heavy atom. The van der Waals surface area contributed by atoms with E-state index in [2.05, 4.69) is 22.5 Å². The normalized spacial score (nSPS) is 12.5. The molecule has 0 aromatic heterocycles. The zero-order chi connectivity index (χ0) is 10.7. The molecule has 76 valence electrons. The molecule has 4 heteroatoms. The van der Waals surface area contributed by atoms with Gasteiger partial charge in [-0.05, 0) is 34.5 Å². The first-order chi connectivity index (χ1) is 6.57. The van der Waals surface area contributed by atoms with E-state index in [4.69, 9.17) is 5.73 Å². The molecule has 0 aliphatic carbocycles. The third-order valence-corrected chi connectivity index (χ3v) is 2.55. The predicted molar refractivity (Wildman–Crippen MR) is 57.5 cm³/mol. The van der Waals surface area contributed by atoms with Gasteiger partial charge < -0.3 is 10.8 Å². The molecule has 0 heterocycles. The highest BCUT2D eigenvalue weighted by molar-refractivity contribution is 9.10. The predicted octanol–water partition coefficient (Wildman–Crippen LogP) is 2.87. The summed E-state index contributed by atoms with van der Waals surface area (Å²) in [7, 11) is 0. The second kappa shape index (κ2) is 4.57. The molecule has 0 aliphatic rings. The van der Waals surface area contributed by atoms with Crippen LogP contribution < -0.4 is 5.73 Å². The van der Waals surface area contributed by atoms with Crippen molar-refractivity contribution >= 4 is 15.9 Å². The molecule has 1 aromatic rings. The van der Waals surface area contributed by atoms with Gasteiger partial charge in [0, 0.05) is 11.6 Å². The molecule has 0 radical (unpaired) electrons. The standard InChI is InChI=1S/C10H11BrFNO/c1-2-3-8(13)9-7(12)5-4-6(11)10(9)14/h2,4-5,8,14H,1,3,13H2/t8-/m0/s1. The van der Waals surface area contributed by atoms with E-state index < -0.39 is 11.9 Å². The monoisotopic (exact) mass is 259 g/mol. The van der Waals surface area contributed by atoms with E-state index in [9.17, 15) is 9.50 Å². The largest absolute Gasteiger partial charge is 0.506 e. The highest BCUT2D eigenvalue weighted by atomic mass is 79.9. The molecule has 14 heavy (non-hydrogen) atoms. The van der Waals surface area contributed by atoms with Gasteiger partial charge in [0.1, 0.15) is 11.6 Å². The molecule has 0 bridgehead atoms. The Kier molecular flexibility index (Phi) is 3.66. The van der Waals surface area contributed by atoms with E-state index in [0.29, 0.717) is 10.9 Å². The zero-order valence-corrected chi connectivity index (χ0v) is 9.09. The van der Waals surface area contributed by atoms with Crippen LogP contribution in [0.4, 0.5) is 4.39 Å². The Hall–Kier alpha value is -0.870. The number of phenolic OH excluding ortho intramolecular Hbond substituents is 1. The Bertz CT molecular complexity index is 354. The summed E-state index contributed by atoms with van der Waals surface area (Å²) >= 11 is 3.10. The summed E-state index contributed by atoms with van der Waals surface area (Å²) in [6.45, 7) is 3.51. The number of nitrogens with two attached hydrogens (primary N) is 1. The molecule has 0 aliphatic heterocycles. The van der Waals surface area contributed by atoms with Crippen molar-refractivity contribution in [3.63, 3.8) is 0 Å². The van der Waals surface area contributed by atoms with Crippen LogP contribution >= 0.6 is 15.9 Å². The van der Waals surface area contributed by atoms with E-state index in [1.807, 2.05) is 0 Å². The summed E-state index contributed by atoms with van der Waals surface area (Å²) in [5.41, 5.74) is 5.81. The number of hydrogen-bond acceptors (Lipinski definition) is 2. The van der Waals surface area contributed by atoms with Crippen molar-refractivity contribution in [3.05, 3.63) is 40.6 Å². The number of halogens is 2. The van der Waals surface area contributed by atoms with Crippen LogP contribution in [-0.4, -0.2) is 5.11 Å². The van der Waals surface area contributed by atoms with E-state index in [-0.39, 0.29) is 11.3 Å². The summed E-state index contributed by atoms with van der Waals surface area (Å²) in [5.74, 6) is -0.639. The van der Waals surface area contributed by atoms with Crippen LogP contribution in [0.5, 0.6) is 5.75 Å². The Balaban J connectivity index is 3.17. The fourth-order valence-electron chi connectivity index (χ4n) is 1.21. The molecule has 1 atom stereocenters. The number of phenols is 1. The van der Waals surface area contributed by atoms with Gasteiger partial charge in [-0.25, -0.2) is 4.39 Å². The topological polar surface area (TPSA) is 46.2 Å². The van der Waals surface area contributed by atoms with Crippen LogP contribution in [0.3, 0.4) is 0 Å². The fraction of sp³-hybridized carbons (Fsp3) is 0.200. The summed E-state index contributed by atoms with van der Waals surface area (Å²) < 4.78 is 13.7. The Labute approximate surface area is 90.4 Å². The minimum Gasteiger partial charge on any atom is -0.506 e. The molecular weight excluding hydrogens is 249 g/mol. The molecule has 1 rings (SSSR count). The van der Waals surface area contributed by atoms with Crippen LogP contribution in [0, 0.1) is 5.82 Å². The number of rotatable bonds is 3. The Morgan fingerprint density at radius 1 is 1.64 bits per heavy atom. The molecule has 0 fully saturated rings. The third kappa shape index (κ3) is 2.13. The lowest BCUT2D eigenvalue weighted by Crippen LogP contribution is -2.11. The maximum Gasteiger partial charge on any atom is 0.137 e. The van der Waals surface area contributed by atoms with E-state index in [0.717, 1.165) is 0 Å². The number of aromatic hydroxyl groups is 1. The van der Waals surface area contributed by atoms with Crippen molar-refractivity contribution in [3.8, 4) is 5.75 Å². The molecule has 0 spiro atoms. The maximum atomic E-state index is 13.3. The van der Waals surface area contributed by atoms with Crippen molar-refractivity contribution in [1.82, 2.24) is 0 Å². The number of hydrogen-bond donors (Lipinski definition) is 2. The van der Waals surface area contributed by atoms with Gasteiger partial charge in [0.15, 0.2) is 0 Å². The summed E-state index contributed by atoms with van der Waals surface area (Å²) in [6.07, 6.45) is 2.01. The molecule has 0 amide bonds. The lowest BCUT2D eigenvalue weighted by atomic mass is 10.0. The first-order valence-corrected chi connectivity index (χ1v) is 4.90. The highest BCUT2D eigenvalue weighted by Gasteiger charge is 2.16. The molecule has 0 unspecified atom stereocenters. The zero-order valence-electron chi connectivity index (χ0n) is 7.50. The van der Waals surface area contributed by atoms with Crippen LogP contribution in [0.25, 0.3) is 0 Å². The minimum atomic E-state index is -0.565. The second-order valence-corrected chi connectivity index (χ2v) is 3.78. The van der Waals surface area contributed by atoms with Gasteiger partial charge >= 0.3 is 0 Å². The van der Waals surface area contributed by atoms with E-state index in [1.165, 1.54) is 12.1 Å². The molecule has 0 saturated heterocycles. The van der Waals surface area contributed by atoms with Gasteiger partial charge in [-0.2, -0.15) is 0 Å². The fourth-order valence-corrected chi connectivity index (χ4v) is 1.55. The Morgan fingerprint density at radius 2 is 2.29 bits per heavy atom. The maximum absolute atomic E-state index is 13.3. The average Bonchev–Trinajstić information content (AvgIpc) is 2.13. The van der Waals surface area contributed by atoms with Gasteiger partial charge in [-0.1, -0.05) is 6.08 Å². The van der Waals surface area contributed by atoms with Crippen LogP contribution in [0.15, 0.2) is 29.3 Å². The second-order valence-electron chi connectivity index (χ2n) is 2.92. The van der Waals surface area contributed by atoms with E-state index in [1.54, 1.807) is 6.08 Å². The first-order valence-electron chi connectivity index (χ1n) is 4.11. The lowest BCUT2D eigenvalue weighted by molar-refractivity contribution is 0.446. The smallest absolute Gasteiger partial charge is 0.137 e. The van der Waals surface area contributed by atoms with E-state index >= 15 is 0 Å². The van der Waals surface area contributed by atoms with Crippen molar-refractivity contribution in [2.24, 2.45) is 5.73 Å². The van der Waals surface area contributed by atoms with Crippen LogP contribution in [-0.2, 0) is 0 Å². The van der Waals surface area contributed by atoms with Gasteiger partial charge in [0.05, 0.1) is 4.47 Å². The summed E-state index contributed by atoms with van der Waals surface area (Å²) in [6, 6.07) is 2.14. The molecule has 0 saturated carbocycles. The molecule has 2 nitrogen and oxygen atoms in total. The molecule has 3 N–H and O–H groups in total. The van der Waals surface area contributed by atoms with Gasteiger partial charge in [-0.15, -0.1) is 6.58 Å². The minimum absolute atomic E-state index is 0.124. The lowest BCUT2D eigenvalue weighted by Gasteiger charge is -2.13. The van der Waals surface area contributed by atoms with Crippen LogP contribution in [0.1, 0.15) is 18.0 Å². The van der Waals surface area contributed by atoms with Crippen LogP contribution in [0.2, 0.25) is 0 Å². The van der Waals surface area contributed by atoms with Crippen molar-refractivity contribution in [2.75, 3.05) is 0 Å². The highest BCUT2D eigenvalue weighted by Crippen LogP contribution is 2.34. The van der Waals surface area contributed by atoms with Crippen molar-refractivity contribution in [2.45, 2.75) is 12.5 Å². The first kappa shape index (κ1) is 11.2. The SMILES string of the molecule is C=CC[C@H](N)c1c(F)ccc(Br)c1O. The van der Waals surface area contributed by atoms with Gasteiger partial charge in [0.2, 0.25) is 0 Å². The number of benzene rings is 1. The summed E-state index contributed by atoms with van der Waals surface area (Å²) in [5, 5.41) is 9.57. The van der Waals surface area contributed by atoms with Crippen molar-refractivity contribution < 1.29 is 9.50 Å².